The lowest BCUT2D eigenvalue weighted by molar-refractivity contribution is -0.149. The Balaban J connectivity index is 1.62. The Labute approximate surface area is 198 Å². The average molecular weight is 466 g/mol. The Hall–Kier alpha value is -2.57. The predicted molar refractivity (Wildman–Crippen MR) is 128 cm³/mol. The van der Waals surface area contributed by atoms with Crippen LogP contribution in [0.4, 0.5) is 0 Å². The van der Waals surface area contributed by atoms with Gasteiger partial charge in [0.1, 0.15) is 11.5 Å². The SMILES string of the molecule is CNCCCOc1ccc2c(c1)O[C@@]1(c3ccc(Cl)cc3)[C@H](c3ccccc3)C[C@H](O)[C@@]21O. The number of halogens is 1. The highest BCUT2D eigenvalue weighted by Crippen LogP contribution is 2.66. The van der Waals surface area contributed by atoms with Gasteiger partial charge in [-0.05, 0) is 61.8 Å². The Kier molecular flexibility index (Phi) is 5.83. The van der Waals surface area contributed by atoms with E-state index < -0.39 is 17.3 Å². The summed E-state index contributed by atoms with van der Waals surface area (Å²) in [7, 11) is 1.91. The lowest BCUT2D eigenvalue weighted by Crippen LogP contribution is -2.51. The maximum absolute atomic E-state index is 12.2. The molecular formula is C27H28ClNO4. The zero-order valence-electron chi connectivity index (χ0n) is 18.5. The van der Waals surface area contributed by atoms with E-state index in [1.807, 2.05) is 67.7 Å². The molecule has 1 fully saturated rings. The molecule has 0 spiro atoms. The summed E-state index contributed by atoms with van der Waals surface area (Å²) in [5.74, 6) is 0.927. The number of benzene rings is 3. The second-order valence-electron chi connectivity index (χ2n) is 8.79. The first-order valence-electron chi connectivity index (χ1n) is 11.3. The van der Waals surface area contributed by atoms with Gasteiger partial charge in [0.15, 0.2) is 11.2 Å². The van der Waals surface area contributed by atoms with E-state index in [1.54, 1.807) is 12.1 Å². The van der Waals surface area contributed by atoms with Crippen LogP contribution in [-0.4, -0.2) is 36.5 Å². The Morgan fingerprint density at radius 1 is 1.09 bits per heavy atom. The first kappa shape index (κ1) is 22.2. The predicted octanol–water partition coefficient (Wildman–Crippen LogP) is 4.35. The minimum absolute atomic E-state index is 0.271. The number of rotatable bonds is 7. The number of hydrogen-bond acceptors (Lipinski definition) is 5. The lowest BCUT2D eigenvalue weighted by atomic mass is 9.71. The van der Waals surface area contributed by atoms with Crippen LogP contribution in [0.2, 0.25) is 5.02 Å². The van der Waals surface area contributed by atoms with Gasteiger partial charge < -0.3 is 25.0 Å². The second kappa shape index (κ2) is 8.65. The summed E-state index contributed by atoms with van der Waals surface area (Å²) in [6.45, 7) is 1.44. The van der Waals surface area contributed by atoms with Crippen molar-refractivity contribution >= 4 is 11.6 Å². The van der Waals surface area contributed by atoms with Crippen molar-refractivity contribution in [1.82, 2.24) is 5.32 Å². The Bertz CT molecular complexity index is 1120. The molecule has 0 saturated heterocycles. The van der Waals surface area contributed by atoms with Gasteiger partial charge in [0.2, 0.25) is 0 Å². The molecule has 33 heavy (non-hydrogen) atoms. The zero-order valence-corrected chi connectivity index (χ0v) is 19.3. The first-order valence-corrected chi connectivity index (χ1v) is 11.7. The van der Waals surface area contributed by atoms with E-state index >= 15 is 0 Å². The highest BCUT2D eigenvalue weighted by Gasteiger charge is 2.72. The molecule has 1 aliphatic heterocycles. The molecule has 0 radical (unpaired) electrons. The Morgan fingerprint density at radius 3 is 2.58 bits per heavy atom. The van der Waals surface area contributed by atoms with E-state index in [9.17, 15) is 10.2 Å². The number of ether oxygens (including phenoxy) is 2. The van der Waals surface area contributed by atoms with E-state index in [1.165, 1.54) is 0 Å². The Morgan fingerprint density at radius 2 is 1.85 bits per heavy atom. The van der Waals surface area contributed by atoms with Crippen LogP contribution >= 0.6 is 11.6 Å². The summed E-state index contributed by atoms with van der Waals surface area (Å²) in [6.07, 6.45) is 0.231. The fourth-order valence-corrected chi connectivity index (χ4v) is 5.57. The molecule has 0 unspecified atom stereocenters. The van der Waals surface area contributed by atoms with Crippen LogP contribution in [0, 0.1) is 0 Å². The van der Waals surface area contributed by atoms with Crippen molar-refractivity contribution in [1.29, 1.82) is 0 Å². The highest BCUT2D eigenvalue weighted by molar-refractivity contribution is 6.30. The summed E-state index contributed by atoms with van der Waals surface area (Å²) in [5.41, 5.74) is -0.482. The molecule has 3 N–H and O–H groups in total. The monoisotopic (exact) mass is 465 g/mol. The van der Waals surface area contributed by atoms with Crippen LogP contribution in [0.3, 0.4) is 0 Å². The molecule has 5 nitrogen and oxygen atoms in total. The molecular weight excluding hydrogens is 438 g/mol. The van der Waals surface area contributed by atoms with Crippen LogP contribution < -0.4 is 14.8 Å². The van der Waals surface area contributed by atoms with Gasteiger partial charge in [0.25, 0.3) is 0 Å². The van der Waals surface area contributed by atoms with Gasteiger partial charge in [-0.1, -0.05) is 54.1 Å². The van der Waals surface area contributed by atoms with Crippen molar-refractivity contribution in [3.05, 3.63) is 94.5 Å². The standard InChI is InChI=1S/C27H28ClNO4/c1-29-14-5-15-32-21-12-13-22-24(16-21)33-27(19-8-10-20(28)11-9-19)23(17-25(30)26(22,27)31)18-6-3-2-4-7-18/h2-4,6-13,16,23,25,29-31H,5,14-15,17H2,1H3/t23-,25-,26-,27-/m0/s1. The van der Waals surface area contributed by atoms with Crippen LogP contribution in [0.5, 0.6) is 11.5 Å². The van der Waals surface area contributed by atoms with E-state index in [0.29, 0.717) is 35.1 Å². The zero-order chi connectivity index (χ0) is 23.1. The van der Waals surface area contributed by atoms with Crippen LogP contribution in [0.15, 0.2) is 72.8 Å². The number of nitrogens with one attached hydrogen (secondary N) is 1. The highest BCUT2D eigenvalue weighted by atomic mass is 35.5. The molecule has 1 heterocycles. The summed E-state index contributed by atoms with van der Waals surface area (Å²) < 4.78 is 12.6. The number of aliphatic hydroxyl groups excluding tert-OH is 1. The van der Waals surface area contributed by atoms with Gasteiger partial charge in [-0.2, -0.15) is 0 Å². The van der Waals surface area contributed by atoms with Gasteiger partial charge in [-0.15, -0.1) is 0 Å². The summed E-state index contributed by atoms with van der Waals surface area (Å²) in [4.78, 5) is 0. The average Bonchev–Trinajstić information content (AvgIpc) is 3.23. The van der Waals surface area contributed by atoms with Crippen LogP contribution in [0.25, 0.3) is 0 Å². The van der Waals surface area contributed by atoms with Gasteiger partial charge in [-0.25, -0.2) is 0 Å². The molecule has 6 heteroatoms. The van der Waals surface area contributed by atoms with Crippen LogP contribution in [0.1, 0.15) is 35.4 Å². The topological polar surface area (TPSA) is 71.0 Å². The van der Waals surface area contributed by atoms with Gasteiger partial charge in [-0.3, -0.25) is 0 Å². The molecule has 0 amide bonds. The number of fused-ring (bicyclic) bond motifs is 3. The summed E-state index contributed by atoms with van der Waals surface area (Å²) in [6, 6.07) is 22.7. The normalized spacial score (nSPS) is 27.6. The molecule has 0 aromatic heterocycles. The maximum atomic E-state index is 12.2. The van der Waals surface area contributed by atoms with Crippen molar-refractivity contribution < 1.29 is 19.7 Å². The van der Waals surface area contributed by atoms with Gasteiger partial charge in [0.05, 0.1) is 12.7 Å². The third-order valence-corrected chi connectivity index (χ3v) is 7.20. The third-order valence-electron chi connectivity index (χ3n) is 6.95. The fraction of sp³-hybridized carbons (Fsp3) is 0.333. The van der Waals surface area contributed by atoms with Gasteiger partial charge in [0, 0.05) is 22.6 Å². The molecule has 5 rings (SSSR count). The van der Waals surface area contributed by atoms with E-state index in [2.05, 4.69) is 5.32 Å². The smallest absolute Gasteiger partial charge is 0.176 e. The third kappa shape index (κ3) is 3.42. The van der Waals surface area contributed by atoms with Crippen molar-refractivity contribution in [2.75, 3.05) is 20.2 Å². The summed E-state index contributed by atoms with van der Waals surface area (Å²) >= 11 is 6.18. The van der Waals surface area contributed by atoms with Gasteiger partial charge >= 0.3 is 0 Å². The first-order chi connectivity index (χ1) is 16.0. The van der Waals surface area contributed by atoms with Crippen molar-refractivity contribution in [3.8, 4) is 11.5 Å². The number of aliphatic hydroxyl groups is 2. The number of hydrogen-bond donors (Lipinski definition) is 3. The molecule has 1 aliphatic carbocycles. The molecule has 1 saturated carbocycles. The largest absolute Gasteiger partial charge is 0.493 e. The summed E-state index contributed by atoms with van der Waals surface area (Å²) in [5, 5.41) is 27.2. The van der Waals surface area contributed by atoms with E-state index in [-0.39, 0.29) is 5.92 Å². The lowest BCUT2D eigenvalue weighted by Gasteiger charge is -2.40. The fourth-order valence-electron chi connectivity index (χ4n) is 5.44. The molecule has 4 atom stereocenters. The van der Waals surface area contributed by atoms with Crippen molar-refractivity contribution in [2.45, 2.75) is 36.1 Å². The molecule has 0 bridgehead atoms. The molecule has 172 valence electrons. The maximum Gasteiger partial charge on any atom is 0.176 e. The van der Waals surface area contributed by atoms with Crippen molar-refractivity contribution in [3.63, 3.8) is 0 Å². The van der Waals surface area contributed by atoms with E-state index in [4.69, 9.17) is 21.1 Å². The molecule has 2 aliphatic rings. The minimum Gasteiger partial charge on any atom is -0.493 e. The minimum atomic E-state index is -1.62. The quantitative estimate of drug-likeness (QED) is 0.452. The molecule has 3 aromatic rings. The second-order valence-corrected chi connectivity index (χ2v) is 9.23. The van der Waals surface area contributed by atoms with E-state index in [0.717, 1.165) is 24.1 Å². The molecule has 3 aromatic carbocycles. The van der Waals surface area contributed by atoms with Crippen LogP contribution in [-0.2, 0) is 11.2 Å². The van der Waals surface area contributed by atoms with Crippen molar-refractivity contribution in [2.24, 2.45) is 0 Å².